The Balaban J connectivity index is 1.30. The molecule has 2 aromatic heterocycles. The molecule has 0 bridgehead atoms. The van der Waals surface area contributed by atoms with Crippen LogP contribution in [-0.2, 0) is 13.1 Å². The van der Waals surface area contributed by atoms with Crippen LogP contribution in [0.5, 0.6) is 0 Å². The normalized spacial score (nSPS) is 16.4. The van der Waals surface area contributed by atoms with Crippen molar-refractivity contribution in [1.82, 2.24) is 24.2 Å². The Morgan fingerprint density at radius 1 is 1.06 bits per heavy atom. The number of aryl methyl sites for hydroxylation is 1. The summed E-state index contributed by atoms with van der Waals surface area (Å²) in [5.41, 5.74) is 2.83. The van der Waals surface area contributed by atoms with E-state index < -0.39 is 5.60 Å². The van der Waals surface area contributed by atoms with Crippen molar-refractivity contribution in [2.75, 3.05) is 13.1 Å². The summed E-state index contributed by atoms with van der Waals surface area (Å²) in [6, 6.07) is 18.2. The molecule has 3 heterocycles. The molecule has 1 fully saturated rings. The number of benzene rings is 2. The maximum atomic E-state index is 13.1. The zero-order valence-electron chi connectivity index (χ0n) is 18.2. The molecule has 1 saturated heterocycles. The lowest BCUT2D eigenvalue weighted by Gasteiger charge is -2.38. The van der Waals surface area contributed by atoms with Crippen LogP contribution in [0.4, 0.5) is 0 Å². The van der Waals surface area contributed by atoms with Crippen LogP contribution >= 0.6 is 0 Å². The molecule has 4 aromatic rings. The van der Waals surface area contributed by atoms with Crippen LogP contribution in [0.2, 0.25) is 0 Å². The van der Waals surface area contributed by atoms with Gasteiger partial charge < -0.3 is 5.11 Å². The Morgan fingerprint density at radius 2 is 1.84 bits per heavy atom. The third kappa shape index (κ3) is 4.09. The van der Waals surface area contributed by atoms with Crippen LogP contribution in [-0.4, -0.2) is 48.0 Å². The summed E-state index contributed by atoms with van der Waals surface area (Å²) in [5, 5.41) is 16.0. The van der Waals surface area contributed by atoms with Gasteiger partial charge in [0.1, 0.15) is 11.7 Å². The number of para-hydroxylation sites is 1. The summed E-state index contributed by atoms with van der Waals surface area (Å²) >= 11 is 0. The molecule has 7 heteroatoms. The second-order valence-corrected chi connectivity index (χ2v) is 8.80. The van der Waals surface area contributed by atoms with Gasteiger partial charge in [-0.05, 0) is 37.5 Å². The van der Waals surface area contributed by atoms with Gasteiger partial charge in [-0.25, -0.2) is 9.67 Å². The van der Waals surface area contributed by atoms with Gasteiger partial charge in [0, 0.05) is 19.6 Å². The van der Waals surface area contributed by atoms with Crippen molar-refractivity contribution in [3.05, 3.63) is 88.6 Å². The second-order valence-electron chi connectivity index (χ2n) is 8.80. The molecule has 5 rings (SSSR count). The lowest BCUT2D eigenvalue weighted by atomic mass is 9.91. The molecule has 32 heavy (non-hydrogen) atoms. The second kappa shape index (κ2) is 8.33. The average molecular weight is 430 g/mol. The highest BCUT2D eigenvalue weighted by Crippen LogP contribution is 2.25. The third-order valence-electron chi connectivity index (χ3n) is 6.30. The summed E-state index contributed by atoms with van der Waals surface area (Å²) in [7, 11) is 0. The standard InChI is InChI=1S/C25H27N5O2/c1-19-6-5-7-20(14-19)16-28-12-10-25(32,11-13-28)17-29-18-26-23-22(24(29)31)15-27-30(23)21-8-3-2-4-9-21/h2-9,14-15,18,32H,10-13,16-17H2,1H3. The van der Waals surface area contributed by atoms with E-state index in [0.717, 1.165) is 25.3 Å². The van der Waals surface area contributed by atoms with Crippen LogP contribution in [0.15, 0.2) is 71.9 Å². The number of hydrogen-bond donors (Lipinski definition) is 1. The Hall–Kier alpha value is -3.29. The number of aromatic nitrogens is 4. The van der Waals surface area contributed by atoms with Crippen molar-refractivity contribution in [3.63, 3.8) is 0 Å². The monoisotopic (exact) mass is 429 g/mol. The number of fused-ring (bicyclic) bond motifs is 1. The molecule has 0 unspecified atom stereocenters. The van der Waals surface area contributed by atoms with E-state index in [2.05, 4.69) is 46.2 Å². The molecule has 0 saturated carbocycles. The molecular formula is C25H27N5O2. The molecular weight excluding hydrogens is 402 g/mol. The average Bonchev–Trinajstić information content (AvgIpc) is 3.23. The van der Waals surface area contributed by atoms with Gasteiger partial charge in [0.05, 0.1) is 24.0 Å². The minimum atomic E-state index is -0.919. The lowest BCUT2D eigenvalue weighted by Crippen LogP contribution is -2.47. The highest BCUT2D eigenvalue weighted by atomic mass is 16.3. The van der Waals surface area contributed by atoms with Gasteiger partial charge in [-0.2, -0.15) is 5.10 Å². The first-order valence-corrected chi connectivity index (χ1v) is 11.0. The number of nitrogens with zero attached hydrogens (tertiary/aromatic N) is 5. The van der Waals surface area contributed by atoms with E-state index in [-0.39, 0.29) is 12.1 Å². The van der Waals surface area contributed by atoms with Crippen LogP contribution in [0.3, 0.4) is 0 Å². The Morgan fingerprint density at radius 3 is 2.59 bits per heavy atom. The van der Waals surface area contributed by atoms with Gasteiger partial charge in [-0.1, -0.05) is 48.0 Å². The zero-order valence-corrected chi connectivity index (χ0v) is 18.2. The molecule has 0 spiro atoms. The minimum Gasteiger partial charge on any atom is -0.388 e. The lowest BCUT2D eigenvalue weighted by molar-refractivity contribution is -0.0364. The van der Waals surface area contributed by atoms with Crippen molar-refractivity contribution in [2.45, 2.75) is 38.5 Å². The molecule has 7 nitrogen and oxygen atoms in total. The van der Waals surface area contributed by atoms with Gasteiger partial charge in [-0.15, -0.1) is 0 Å². The molecule has 1 aliphatic heterocycles. The number of piperidine rings is 1. The van der Waals surface area contributed by atoms with Crippen LogP contribution in [0, 0.1) is 6.92 Å². The van der Waals surface area contributed by atoms with E-state index in [0.29, 0.717) is 23.9 Å². The van der Waals surface area contributed by atoms with Gasteiger partial charge >= 0.3 is 0 Å². The molecule has 1 N–H and O–H groups in total. The Labute approximate surface area is 186 Å². The van der Waals surface area contributed by atoms with E-state index in [9.17, 15) is 9.90 Å². The van der Waals surface area contributed by atoms with Crippen LogP contribution in [0.1, 0.15) is 24.0 Å². The van der Waals surface area contributed by atoms with Gasteiger partial charge in [-0.3, -0.25) is 14.3 Å². The summed E-state index contributed by atoms with van der Waals surface area (Å²) in [6.07, 6.45) is 4.32. The quantitative estimate of drug-likeness (QED) is 0.528. The van der Waals surface area contributed by atoms with Gasteiger partial charge in [0.15, 0.2) is 5.65 Å². The molecule has 164 valence electrons. The maximum absolute atomic E-state index is 13.1. The first kappa shape index (κ1) is 20.6. The fraction of sp³-hybridized carbons (Fsp3) is 0.320. The Kier molecular flexibility index (Phi) is 5.36. The van der Waals surface area contributed by atoms with E-state index in [1.807, 2.05) is 30.3 Å². The molecule has 0 amide bonds. The molecule has 0 radical (unpaired) electrons. The fourth-order valence-corrected chi connectivity index (χ4v) is 4.49. The summed E-state index contributed by atoms with van der Waals surface area (Å²) in [5.74, 6) is 0. The van der Waals surface area contributed by atoms with Gasteiger partial charge in [0.2, 0.25) is 0 Å². The molecule has 0 aliphatic carbocycles. The molecule has 2 aromatic carbocycles. The van der Waals surface area contributed by atoms with Crippen molar-refractivity contribution in [3.8, 4) is 5.69 Å². The SMILES string of the molecule is Cc1cccc(CN2CCC(O)(Cn3cnc4c(cnn4-c4ccccc4)c3=O)CC2)c1. The maximum Gasteiger partial charge on any atom is 0.264 e. The topological polar surface area (TPSA) is 76.2 Å². The van der Waals surface area contributed by atoms with Crippen molar-refractivity contribution in [2.24, 2.45) is 0 Å². The predicted octanol–water partition coefficient (Wildman–Crippen LogP) is 2.92. The summed E-state index contributed by atoms with van der Waals surface area (Å²) in [6.45, 7) is 4.81. The van der Waals surface area contributed by atoms with E-state index in [1.165, 1.54) is 22.0 Å². The Bertz CT molecular complexity index is 1290. The van der Waals surface area contributed by atoms with Crippen LogP contribution < -0.4 is 5.56 Å². The largest absolute Gasteiger partial charge is 0.388 e. The number of hydrogen-bond acceptors (Lipinski definition) is 5. The number of rotatable bonds is 5. The summed E-state index contributed by atoms with van der Waals surface area (Å²) in [4.78, 5) is 19.9. The van der Waals surface area contributed by atoms with Crippen molar-refractivity contribution in [1.29, 1.82) is 0 Å². The number of aliphatic hydroxyl groups is 1. The predicted molar refractivity (Wildman–Crippen MR) is 124 cm³/mol. The van der Waals surface area contributed by atoms with Gasteiger partial charge in [0.25, 0.3) is 5.56 Å². The molecule has 0 atom stereocenters. The number of likely N-dealkylation sites (tertiary alicyclic amines) is 1. The summed E-state index contributed by atoms with van der Waals surface area (Å²) < 4.78 is 3.19. The van der Waals surface area contributed by atoms with E-state index in [4.69, 9.17) is 0 Å². The smallest absolute Gasteiger partial charge is 0.264 e. The fourth-order valence-electron chi connectivity index (χ4n) is 4.49. The van der Waals surface area contributed by atoms with Crippen molar-refractivity contribution >= 4 is 11.0 Å². The molecule has 1 aliphatic rings. The van der Waals surface area contributed by atoms with Crippen LogP contribution in [0.25, 0.3) is 16.7 Å². The first-order chi connectivity index (χ1) is 15.5. The highest BCUT2D eigenvalue weighted by Gasteiger charge is 2.33. The van der Waals surface area contributed by atoms with E-state index in [1.54, 1.807) is 10.9 Å². The third-order valence-corrected chi connectivity index (χ3v) is 6.30. The van der Waals surface area contributed by atoms with Crippen molar-refractivity contribution < 1.29 is 5.11 Å². The first-order valence-electron chi connectivity index (χ1n) is 11.0. The zero-order chi connectivity index (χ0) is 22.1. The van der Waals surface area contributed by atoms with E-state index >= 15 is 0 Å². The minimum absolute atomic E-state index is 0.173. The highest BCUT2D eigenvalue weighted by molar-refractivity contribution is 5.74.